The van der Waals surface area contributed by atoms with Crippen molar-refractivity contribution in [3.63, 3.8) is 0 Å². The van der Waals surface area contributed by atoms with Crippen molar-refractivity contribution < 1.29 is 0 Å². The molecule has 328 valence electrons. The number of nitrogens with zero attached hydrogens (tertiary/aromatic N) is 1. The molecule has 0 saturated carbocycles. The minimum Gasteiger partial charge on any atom is -0.310 e. The summed E-state index contributed by atoms with van der Waals surface area (Å²) in [6, 6.07) is 105. The summed E-state index contributed by atoms with van der Waals surface area (Å²) in [5.74, 6) is 0. The minimum absolute atomic E-state index is 0.482. The van der Waals surface area contributed by atoms with Gasteiger partial charge in [0.05, 0.1) is 11.1 Å². The molecule has 0 unspecified atom stereocenters. The maximum absolute atomic E-state index is 2.43. The summed E-state index contributed by atoms with van der Waals surface area (Å²) in [7, 11) is 0. The van der Waals surface area contributed by atoms with Crippen LogP contribution in [0.4, 0.5) is 17.1 Å². The first kappa shape index (κ1) is 41.2. The molecule has 0 heterocycles. The van der Waals surface area contributed by atoms with Gasteiger partial charge in [0.25, 0.3) is 0 Å². The first-order valence-corrected chi connectivity index (χ1v) is 24.2. The summed E-state index contributed by atoms with van der Waals surface area (Å²) in [5.41, 5.74) is 20.2. The molecule has 1 aliphatic rings. The van der Waals surface area contributed by atoms with Crippen molar-refractivity contribution in [3.05, 3.63) is 307 Å². The Bertz CT molecular complexity index is 3810. The largest absolute Gasteiger partial charge is 0.310 e. The third kappa shape index (κ3) is 6.78. The summed E-state index contributed by atoms with van der Waals surface area (Å²) in [6.07, 6.45) is 0. The van der Waals surface area contributed by atoms with Gasteiger partial charge in [0.1, 0.15) is 0 Å². The highest BCUT2D eigenvalue weighted by atomic mass is 15.1. The molecule has 1 heteroatoms. The predicted octanol–water partition coefficient (Wildman–Crippen LogP) is 18.5. The van der Waals surface area contributed by atoms with Gasteiger partial charge >= 0.3 is 0 Å². The number of rotatable bonds is 9. The van der Waals surface area contributed by atoms with E-state index in [-0.39, 0.29) is 0 Å². The standard InChI is InChI=1S/C69H47N/c1-4-19-48(20-5-1)52-23-14-24-53(47-52)49-39-43-56(44-40-49)70(57-45-41-51(42-46-57)59-31-15-22-50-21-10-11-29-58(50)59)67-38-18-33-60-61(32-16-34-62(60)67)63-35-17-37-66-68(63)64-30-12-13-36-65(64)69(66,54-25-6-2-7-26-54)55-27-8-3-9-28-55/h1-47H. The topological polar surface area (TPSA) is 3.24 Å². The molecule has 0 saturated heterocycles. The third-order valence-corrected chi connectivity index (χ3v) is 14.6. The highest BCUT2D eigenvalue weighted by Crippen LogP contribution is 2.58. The van der Waals surface area contributed by atoms with Crippen LogP contribution in [0.2, 0.25) is 0 Å². The molecule has 0 fully saturated rings. The Morgan fingerprint density at radius 3 is 1.44 bits per heavy atom. The summed E-state index contributed by atoms with van der Waals surface area (Å²) in [4.78, 5) is 2.43. The molecule has 0 spiro atoms. The van der Waals surface area contributed by atoms with Gasteiger partial charge in [-0.25, -0.2) is 0 Å². The number of fused-ring (bicyclic) bond motifs is 5. The fraction of sp³-hybridized carbons (Fsp3) is 0.0145. The monoisotopic (exact) mass is 889 g/mol. The number of hydrogen-bond donors (Lipinski definition) is 0. The summed E-state index contributed by atoms with van der Waals surface area (Å²) in [5, 5.41) is 4.88. The molecule has 0 atom stereocenters. The molecule has 1 nitrogen and oxygen atoms in total. The van der Waals surface area contributed by atoms with E-state index in [0.717, 1.165) is 17.1 Å². The van der Waals surface area contributed by atoms with E-state index >= 15 is 0 Å². The Kier molecular flexibility index (Phi) is 10.1. The fourth-order valence-corrected chi connectivity index (χ4v) is 11.4. The smallest absolute Gasteiger partial charge is 0.0713 e. The molecule has 0 radical (unpaired) electrons. The minimum atomic E-state index is -0.482. The Morgan fingerprint density at radius 1 is 0.257 bits per heavy atom. The molecule has 0 bridgehead atoms. The lowest BCUT2D eigenvalue weighted by Gasteiger charge is -2.34. The van der Waals surface area contributed by atoms with Crippen LogP contribution in [-0.4, -0.2) is 0 Å². The van der Waals surface area contributed by atoms with Crippen LogP contribution in [0.1, 0.15) is 22.3 Å². The van der Waals surface area contributed by atoms with Crippen LogP contribution in [0.15, 0.2) is 285 Å². The molecule has 0 aliphatic heterocycles. The fourth-order valence-electron chi connectivity index (χ4n) is 11.4. The van der Waals surface area contributed by atoms with Crippen molar-refractivity contribution >= 4 is 38.6 Å². The Morgan fingerprint density at radius 2 is 0.714 bits per heavy atom. The first-order chi connectivity index (χ1) is 34.7. The number of benzene rings is 12. The Hall–Kier alpha value is -9.04. The van der Waals surface area contributed by atoms with Gasteiger partial charge in [-0.1, -0.05) is 249 Å². The maximum atomic E-state index is 2.43. The normalized spacial score (nSPS) is 12.4. The Balaban J connectivity index is 0.979. The lowest BCUT2D eigenvalue weighted by atomic mass is 9.67. The van der Waals surface area contributed by atoms with Crippen molar-refractivity contribution in [2.45, 2.75) is 5.41 Å². The SMILES string of the molecule is c1ccc(-c2cccc(-c3ccc(N(c4ccc(-c5cccc6ccccc56)cc4)c4cccc5c(-c6cccc7c6-c6ccccc6C7(c6ccccc6)c6ccccc6)cccc45)cc3)c2)cc1. The highest BCUT2D eigenvalue weighted by Gasteiger charge is 2.46. The van der Waals surface area contributed by atoms with Crippen LogP contribution in [0, 0.1) is 0 Å². The van der Waals surface area contributed by atoms with Crippen molar-refractivity contribution in [2.24, 2.45) is 0 Å². The molecule has 13 rings (SSSR count). The van der Waals surface area contributed by atoms with Gasteiger partial charge in [0.15, 0.2) is 0 Å². The molecule has 12 aromatic rings. The lowest BCUT2D eigenvalue weighted by molar-refractivity contribution is 0.768. The number of anilines is 3. The van der Waals surface area contributed by atoms with Crippen LogP contribution in [0.5, 0.6) is 0 Å². The predicted molar refractivity (Wildman–Crippen MR) is 295 cm³/mol. The summed E-state index contributed by atoms with van der Waals surface area (Å²) in [6.45, 7) is 0. The van der Waals surface area contributed by atoms with Gasteiger partial charge in [0, 0.05) is 16.8 Å². The second-order valence-electron chi connectivity index (χ2n) is 18.3. The summed E-state index contributed by atoms with van der Waals surface area (Å²) < 4.78 is 0. The van der Waals surface area contributed by atoms with E-state index in [9.17, 15) is 0 Å². The van der Waals surface area contributed by atoms with Crippen molar-refractivity contribution in [1.82, 2.24) is 0 Å². The van der Waals surface area contributed by atoms with Crippen LogP contribution in [0.25, 0.3) is 77.2 Å². The van der Waals surface area contributed by atoms with E-state index in [1.807, 2.05) is 0 Å². The molecule has 0 N–H and O–H groups in total. The van der Waals surface area contributed by atoms with Crippen LogP contribution in [-0.2, 0) is 5.41 Å². The zero-order valence-corrected chi connectivity index (χ0v) is 38.6. The lowest BCUT2D eigenvalue weighted by Crippen LogP contribution is -2.28. The van der Waals surface area contributed by atoms with Gasteiger partial charge in [-0.3, -0.25) is 0 Å². The third-order valence-electron chi connectivity index (χ3n) is 14.6. The van der Waals surface area contributed by atoms with Gasteiger partial charge < -0.3 is 4.90 Å². The van der Waals surface area contributed by atoms with Crippen molar-refractivity contribution in [2.75, 3.05) is 4.90 Å². The van der Waals surface area contributed by atoms with Crippen molar-refractivity contribution in [1.29, 1.82) is 0 Å². The molecule has 12 aromatic carbocycles. The van der Waals surface area contributed by atoms with E-state index in [4.69, 9.17) is 0 Å². The zero-order chi connectivity index (χ0) is 46.4. The first-order valence-electron chi connectivity index (χ1n) is 24.2. The van der Waals surface area contributed by atoms with E-state index in [2.05, 4.69) is 290 Å². The van der Waals surface area contributed by atoms with E-state index in [1.54, 1.807) is 0 Å². The molecule has 70 heavy (non-hydrogen) atoms. The van der Waals surface area contributed by atoms with Crippen LogP contribution in [0.3, 0.4) is 0 Å². The molecular weight excluding hydrogens is 843 g/mol. The average Bonchev–Trinajstić information content (AvgIpc) is 3.75. The van der Waals surface area contributed by atoms with Gasteiger partial charge in [-0.2, -0.15) is 0 Å². The molecule has 0 amide bonds. The zero-order valence-electron chi connectivity index (χ0n) is 38.6. The van der Waals surface area contributed by atoms with Crippen molar-refractivity contribution in [3.8, 4) is 55.6 Å². The van der Waals surface area contributed by atoms with E-state index in [0.29, 0.717) is 0 Å². The highest BCUT2D eigenvalue weighted by molar-refractivity contribution is 6.09. The quantitative estimate of drug-likeness (QED) is 0.140. The van der Waals surface area contributed by atoms with E-state index < -0.39 is 5.41 Å². The second kappa shape index (κ2) is 17.2. The van der Waals surface area contributed by atoms with Gasteiger partial charge in [-0.15, -0.1) is 0 Å². The second-order valence-corrected chi connectivity index (χ2v) is 18.3. The van der Waals surface area contributed by atoms with Gasteiger partial charge in [0.2, 0.25) is 0 Å². The van der Waals surface area contributed by atoms with Crippen LogP contribution >= 0.6 is 0 Å². The molecular formula is C69H47N. The Labute approximate surface area is 409 Å². The summed E-state index contributed by atoms with van der Waals surface area (Å²) >= 11 is 0. The molecule has 1 aliphatic carbocycles. The van der Waals surface area contributed by atoms with Gasteiger partial charge in [-0.05, 0) is 130 Å². The maximum Gasteiger partial charge on any atom is 0.0713 e. The van der Waals surface area contributed by atoms with E-state index in [1.165, 1.54) is 99.4 Å². The van der Waals surface area contributed by atoms with Crippen LogP contribution < -0.4 is 4.90 Å². The molecule has 0 aromatic heterocycles. The average molecular weight is 890 g/mol. The number of hydrogen-bond acceptors (Lipinski definition) is 1.